The summed E-state index contributed by atoms with van der Waals surface area (Å²) in [6, 6.07) is 10.1. The van der Waals surface area contributed by atoms with Crippen molar-refractivity contribution in [2.75, 3.05) is 31.1 Å². The van der Waals surface area contributed by atoms with Gasteiger partial charge in [0.05, 0.1) is 10.1 Å². The Kier molecular flexibility index (Phi) is 5.26. The van der Waals surface area contributed by atoms with Gasteiger partial charge in [-0.2, -0.15) is 0 Å². The first kappa shape index (κ1) is 19.8. The summed E-state index contributed by atoms with van der Waals surface area (Å²) >= 11 is 1.56. The van der Waals surface area contributed by atoms with E-state index in [2.05, 4.69) is 14.9 Å². The quantitative estimate of drug-likeness (QED) is 0.633. The molecule has 9 heteroatoms. The summed E-state index contributed by atoms with van der Waals surface area (Å²) < 4.78 is 24.5. The average molecular weight is 431 g/mol. The molecule has 4 rings (SSSR count). The standard InChI is InChI=1S/C20H22N4O3S2/c1-14(2)29(26,27)16-7-5-15(6-8-16)19(25)23-10-12-24(13-11-23)20-22-17-4-3-9-21-18(17)28-20/h3-9,14H,10-13H2,1-2H3. The number of anilines is 1. The summed E-state index contributed by atoms with van der Waals surface area (Å²) in [4.78, 5) is 26.9. The number of nitrogens with zero attached hydrogens (tertiary/aromatic N) is 4. The Morgan fingerprint density at radius 2 is 1.76 bits per heavy atom. The second-order valence-corrected chi connectivity index (χ2v) is 10.7. The number of pyridine rings is 1. The lowest BCUT2D eigenvalue weighted by molar-refractivity contribution is 0.0746. The van der Waals surface area contributed by atoms with E-state index in [-0.39, 0.29) is 10.8 Å². The molecule has 2 aromatic heterocycles. The third kappa shape index (κ3) is 3.84. The Morgan fingerprint density at radius 3 is 2.38 bits per heavy atom. The Labute approximate surface area is 173 Å². The lowest BCUT2D eigenvalue weighted by Gasteiger charge is -2.34. The first-order chi connectivity index (χ1) is 13.9. The molecule has 0 bridgehead atoms. The Morgan fingerprint density at radius 1 is 1.07 bits per heavy atom. The summed E-state index contributed by atoms with van der Waals surface area (Å²) in [6.45, 7) is 5.88. The molecule has 3 heterocycles. The molecule has 1 aromatic carbocycles. The molecular formula is C20H22N4O3S2. The predicted molar refractivity (Wildman–Crippen MR) is 114 cm³/mol. The minimum Gasteiger partial charge on any atom is -0.344 e. The van der Waals surface area contributed by atoms with E-state index in [0.29, 0.717) is 31.7 Å². The lowest BCUT2D eigenvalue weighted by atomic mass is 10.2. The maximum absolute atomic E-state index is 12.8. The molecule has 0 spiro atoms. The second-order valence-electron chi connectivity index (χ2n) is 7.22. The maximum Gasteiger partial charge on any atom is 0.253 e. The van der Waals surface area contributed by atoms with Crippen LogP contribution in [0.5, 0.6) is 0 Å². The van der Waals surface area contributed by atoms with Gasteiger partial charge < -0.3 is 9.80 Å². The normalized spacial score (nSPS) is 15.3. The molecular weight excluding hydrogens is 408 g/mol. The van der Waals surface area contributed by atoms with Crippen LogP contribution in [0.2, 0.25) is 0 Å². The highest BCUT2D eigenvalue weighted by Gasteiger charge is 2.25. The lowest BCUT2D eigenvalue weighted by Crippen LogP contribution is -2.48. The zero-order chi connectivity index (χ0) is 20.6. The monoisotopic (exact) mass is 430 g/mol. The molecule has 1 fully saturated rings. The number of hydrogen-bond acceptors (Lipinski definition) is 7. The van der Waals surface area contributed by atoms with Crippen LogP contribution in [0.15, 0.2) is 47.5 Å². The smallest absolute Gasteiger partial charge is 0.253 e. The first-order valence-electron chi connectivity index (χ1n) is 9.46. The summed E-state index contributed by atoms with van der Waals surface area (Å²) in [6.07, 6.45) is 1.76. The molecule has 0 aliphatic carbocycles. The van der Waals surface area contributed by atoms with Gasteiger partial charge in [-0.25, -0.2) is 18.4 Å². The van der Waals surface area contributed by atoms with E-state index >= 15 is 0 Å². The third-order valence-corrected chi connectivity index (χ3v) is 8.25. The highest BCUT2D eigenvalue weighted by Crippen LogP contribution is 2.28. The molecule has 29 heavy (non-hydrogen) atoms. The number of hydrogen-bond donors (Lipinski definition) is 0. The number of amides is 1. The van der Waals surface area contributed by atoms with E-state index in [0.717, 1.165) is 15.5 Å². The van der Waals surface area contributed by atoms with Crippen LogP contribution in [0.3, 0.4) is 0 Å². The van der Waals surface area contributed by atoms with Crippen LogP contribution in [0, 0.1) is 0 Å². The number of carbonyl (C=O) groups excluding carboxylic acids is 1. The molecule has 1 aliphatic rings. The van der Waals surface area contributed by atoms with Crippen LogP contribution in [-0.2, 0) is 9.84 Å². The van der Waals surface area contributed by atoms with Gasteiger partial charge in [0.25, 0.3) is 5.91 Å². The number of aromatic nitrogens is 2. The fourth-order valence-electron chi connectivity index (χ4n) is 3.24. The third-order valence-electron chi connectivity index (χ3n) is 5.04. The van der Waals surface area contributed by atoms with Crippen molar-refractivity contribution < 1.29 is 13.2 Å². The van der Waals surface area contributed by atoms with E-state index < -0.39 is 15.1 Å². The van der Waals surface area contributed by atoms with Crippen LogP contribution in [0.25, 0.3) is 10.3 Å². The first-order valence-corrected chi connectivity index (χ1v) is 11.8. The van der Waals surface area contributed by atoms with Crippen molar-refractivity contribution in [1.82, 2.24) is 14.9 Å². The summed E-state index contributed by atoms with van der Waals surface area (Å²) in [5.41, 5.74) is 1.40. The number of benzene rings is 1. The van der Waals surface area contributed by atoms with Crippen molar-refractivity contribution in [1.29, 1.82) is 0 Å². The summed E-state index contributed by atoms with van der Waals surface area (Å²) in [5, 5.41) is 0.434. The van der Waals surface area contributed by atoms with Gasteiger partial charge in [0.2, 0.25) is 0 Å². The van der Waals surface area contributed by atoms with Crippen molar-refractivity contribution in [3.8, 4) is 0 Å². The summed E-state index contributed by atoms with van der Waals surface area (Å²) in [7, 11) is -3.34. The van der Waals surface area contributed by atoms with Crippen LogP contribution in [0.1, 0.15) is 24.2 Å². The van der Waals surface area contributed by atoms with Crippen molar-refractivity contribution in [3.05, 3.63) is 48.2 Å². The van der Waals surface area contributed by atoms with Crippen LogP contribution < -0.4 is 4.90 Å². The Hall–Kier alpha value is -2.52. The Bertz CT molecular complexity index is 1100. The SMILES string of the molecule is CC(C)S(=O)(=O)c1ccc(C(=O)N2CCN(c3nc4cccnc4s3)CC2)cc1. The molecule has 1 aliphatic heterocycles. The van der Waals surface area contributed by atoms with E-state index in [1.165, 1.54) is 12.1 Å². The van der Waals surface area contributed by atoms with E-state index in [1.807, 2.05) is 12.1 Å². The van der Waals surface area contributed by atoms with E-state index in [1.54, 1.807) is 48.4 Å². The highest BCUT2D eigenvalue weighted by molar-refractivity contribution is 7.92. The molecule has 152 valence electrons. The van der Waals surface area contributed by atoms with Gasteiger partial charge in [-0.15, -0.1) is 0 Å². The van der Waals surface area contributed by atoms with Gasteiger partial charge in [0.1, 0.15) is 10.3 Å². The maximum atomic E-state index is 12.8. The zero-order valence-electron chi connectivity index (χ0n) is 16.3. The van der Waals surface area contributed by atoms with Crippen LogP contribution in [-0.4, -0.2) is 60.6 Å². The number of sulfone groups is 1. The number of rotatable bonds is 4. The summed E-state index contributed by atoms with van der Waals surface area (Å²) in [5.74, 6) is -0.0795. The largest absolute Gasteiger partial charge is 0.344 e. The van der Waals surface area contributed by atoms with Crippen molar-refractivity contribution in [3.63, 3.8) is 0 Å². The van der Waals surface area contributed by atoms with Crippen LogP contribution in [0.4, 0.5) is 5.13 Å². The van der Waals surface area contributed by atoms with Gasteiger partial charge in [0.15, 0.2) is 15.0 Å². The predicted octanol–water partition coefficient (Wildman–Crippen LogP) is 2.84. The molecule has 0 saturated carbocycles. The topological polar surface area (TPSA) is 83.5 Å². The zero-order valence-corrected chi connectivity index (χ0v) is 17.9. The molecule has 0 unspecified atom stereocenters. The minimum absolute atomic E-state index is 0.0795. The van der Waals surface area contributed by atoms with E-state index in [4.69, 9.17) is 0 Å². The van der Waals surface area contributed by atoms with Crippen molar-refractivity contribution in [2.24, 2.45) is 0 Å². The second kappa shape index (κ2) is 7.72. The minimum atomic E-state index is -3.34. The molecule has 7 nitrogen and oxygen atoms in total. The fourth-order valence-corrected chi connectivity index (χ4v) is 5.26. The fraction of sp³-hybridized carbons (Fsp3) is 0.350. The highest BCUT2D eigenvalue weighted by atomic mass is 32.2. The van der Waals surface area contributed by atoms with Gasteiger partial charge in [-0.3, -0.25) is 4.79 Å². The van der Waals surface area contributed by atoms with Gasteiger partial charge >= 0.3 is 0 Å². The van der Waals surface area contributed by atoms with Crippen molar-refractivity contribution >= 4 is 42.6 Å². The van der Waals surface area contributed by atoms with E-state index in [9.17, 15) is 13.2 Å². The van der Waals surface area contributed by atoms with Gasteiger partial charge in [-0.1, -0.05) is 11.3 Å². The van der Waals surface area contributed by atoms with Gasteiger partial charge in [0, 0.05) is 37.9 Å². The number of fused-ring (bicyclic) bond motifs is 1. The van der Waals surface area contributed by atoms with Crippen LogP contribution >= 0.6 is 11.3 Å². The molecule has 0 atom stereocenters. The number of thiazole rings is 1. The number of carbonyl (C=O) groups is 1. The van der Waals surface area contributed by atoms with Gasteiger partial charge in [-0.05, 0) is 50.2 Å². The molecule has 1 amide bonds. The molecule has 3 aromatic rings. The molecule has 1 saturated heterocycles. The molecule has 0 N–H and O–H groups in total. The number of piperazine rings is 1. The molecule has 0 radical (unpaired) electrons. The average Bonchev–Trinajstić information content (AvgIpc) is 3.17. The Balaban J connectivity index is 1.42. The van der Waals surface area contributed by atoms with Crippen molar-refractivity contribution in [2.45, 2.75) is 24.0 Å².